The largest absolute Gasteiger partial charge is 0.379 e. The van der Waals surface area contributed by atoms with Gasteiger partial charge in [0.2, 0.25) is 0 Å². The molecule has 1 unspecified atom stereocenters. The number of aromatic nitrogens is 2. The average Bonchev–Trinajstić information content (AvgIpc) is 2.71. The van der Waals surface area contributed by atoms with E-state index in [1.165, 1.54) is 5.56 Å². The monoisotopic (exact) mass is 254 g/mol. The summed E-state index contributed by atoms with van der Waals surface area (Å²) in [4.78, 5) is 0. The Morgan fingerprint density at radius 1 is 1.56 bits per heavy atom. The molecule has 1 aromatic rings. The minimum atomic E-state index is -0.121. The lowest BCUT2D eigenvalue weighted by molar-refractivity contribution is 0.0116. The molecule has 1 rings (SSSR count). The fourth-order valence-corrected chi connectivity index (χ4v) is 2.04. The van der Waals surface area contributed by atoms with Crippen molar-refractivity contribution < 1.29 is 4.74 Å². The first kappa shape index (κ1) is 15.1. The van der Waals surface area contributed by atoms with Crippen LogP contribution in [-0.4, -0.2) is 22.5 Å². The number of nitrogens with two attached hydrogens (primary N) is 1. The maximum absolute atomic E-state index is 5.68. The summed E-state index contributed by atoms with van der Waals surface area (Å²) < 4.78 is 7.29. The smallest absolute Gasteiger partial charge is 0.0670 e. The van der Waals surface area contributed by atoms with Gasteiger partial charge in [-0.05, 0) is 33.1 Å². The Labute approximate surface area is 110 Å². The van der Waals surface area contributed by atoms with Crippen LogP contribution in [0.4, 0.5) is 0 Å². The third-order valence-corrected chi connectivity index (χ3v) is 3.44. The van der Waals surface area contributed by atoms with Gasteiger partial charge in [0.15, 0.2) is 0 Å². The van der Waals surface area contributed by atoms with Crippen LogP contribution in [0, 0.1) is 0 Å². The van der Waals surface area contributed by atoms with Gasteiger partial charge in [-0.15, -0.1) is 0 Å². The van der Waals surface area contributed by atoms with E-state index in [2.05, 4.69) is 31.3 Å². The molecule has 18 heavy (non-hydrogen) atoms. The quantitative estimate of drug-likeness (QED) is 0.574. The van der Waals surface area contributed by atoms with Gasteiger partial charge in [0.25, 0.3) is 0 Å². The predicted molar refractivity (Wildman–Crippen MR) is 73.0 cm³/mol. The Balaban J connectivity index is 2.77. The Hall–Kier alpha value is -0.910. The molecule has 1 atom stereocenters. The van der Waals surface area contributed by atoms with Crippen LogP contribution >= 0.6 is 0 Å². The molecule has 0 aromatic carbocycles. The molecule has 0 fully saturated rings. The highest BCUT2D eigenvalue weighted by atomic mass is 16.5. The highest BCUT2D eigenvalue weighted by Crippen LogP contribution is 2.25. The van der Waals surface area contributed by atoms with Crippen LogP contribution in [0.15, 0.2) is 6.20 Å². The molecule has 0 aliphatic rings. The number of nitrogens with zero attached hydrogens (tertiary/aromatic N) is 2. The summed E-state index contributed by atoms with van der Waals surface area (Å²) in [6, 6.07) is 0.128. The van der Waals surface area contributed by atoms with Gasteiger partial charge in [0.1, 0.15) is 0 Å². The zero-order chi connectivity index (χ0) is 13.8. The summed E-state index contributed by atoms with van der Waals surface area (Å²) in [6.45, 7) is 6.29. The summed E-state index contributed by atoms with van der Waals surface area (Å²) in [6.07, 6.45) is 4.83. The zero-order valence-electron chi connectivity index (χ0n) is 12.2. The predicted octanol–water partition coefficient (Wildman–Crippen LogP) is 1.69. The molecule has 3 N–H and O–H groups in total. The van der Waals surface area contributed by atoms with Crippen LogP contribution in [0.25, 0.3) is 0 Å². The molecule has 0 aliphatic carbocycles. The molecule has 1 aromatic heterocycles. The molecule has 0 saturated heterocycles. The molecule has 0 radical (unpaired) electrons. The molecule has 0 amide bonds. The molecule has 0 saturated carbocycles. The second-order valence-electron chi connectivity index (χ2n) is 5.28. The molecule has 1 heterocycles. The van der Waals surface area contributed by atoms with Gasteiger partial charge in [-0.1, -0.05) is 6.92 Å². The second-order valence-corrected chi connectivity index (χ2v) is 5.28. The van der Waals surface area contributed by atoms with Crippen LogP contribution in [0.5, 0.6) is 0 Å². The lowest BCUT2D eigenvalue weighted by Crippen LogP contribution is -2.31. The van der Waals surface area contributed by atoms with E-state index in [-0.39, 0.29) is 11.6 Å². The number of methoxy groups -OCH3 is 1. The standard InChI is InChI=1S/C13H26N4O/c1-6-11-10(9-17(4)16-11)12(15-14)7-8-13(2,3)18-5/h9,12,15H,6-8,14H2,1-5H3. The van der Waals surface area contributed by atoms with Gasteiger partial charge in [0, 0.05) is 32.0 Å². The minimum absolute atomic E-state index is 0.121. The van der Waals surface area contributed by atoms with Gasteiger partial charge in [-0.25, -0.2) is 0 Å². The fraction of sp³-hybridized carbons (Fsp3) is 0.769. The van der Waals surface area contributed by atoms with Gasteiger partial charge in [0.05, 0.1) is 11.3 Å². The lowest BCUT2D eigenvalue weighted by Gasteiger charge is -2.25. The first-order valence-electron chi connectivity index (χ1n) is 6.47. The number of aryl methyl sites for hydroxylation is 2. The maximum atomic E-state index is 5.68. The van der Waals surface area contributed by atoms with E-state index in [1.807, 2.05) is 17.9 Å². The molecular formula is C13H26N4O. The summed E-state index contributed by atoms with van der Waals surface area (Å²) in [5.74, 6) is 5.68. The number of nitrogens with one attached hydrogen (secondary N) is 1. The number of hydrogen-bond acceptors (Lipinski definition) is 4. The number of rotatable bonds is 7. The van der Waals surface area contributed by atoms with E-state index in [1.54, 1.807) is 7.11 Å². The number of ether oxygens (including phenoxy) is 1. The summed E-state index contributed by atoms with van der Waals surface area (Å²) >= 11 is 0. The molecule has 104 valence electrons. The van der Waals surface area contributed by atoms with Gasteiger partial charge in [-0.2, -0.15) is 5.10 Å². The highest BCUT2D eigenvalue weighted by molar-refractivity contribution is 5.21. The summed E-state index contributed by atoms with van der Waals surface area (Å²) in [5.41, 5.74) is 5.07. The maximum Gasteiger partial charge on any atom is 0.0670 e. The average molecular weight is 254 g/mol. The van der Waals surface area contributed by atoms with Crippen molar-refractivity contribution in [2.24, 2.45) is 12.9 Å². The molecule has 5 heteroatoms. The van der Waals surface area contributed by atoms with Crippen molar-refractivity contribution in [3.8, 4) is 0 Å². The van der Waals surface area contributed by atoms with Gasteiger partial charge < -0.3 is 4.74 Å². The van der Waals surface area contributed by atoms with E-state index in [0.717, 1.165) is 25.0 Å². The van der Waals surface area contributed by atoms with Crippen molar-refractivity contribution in [3.05, 3.63) is 17.5 Å². The molecule has 0 bridgehead atoms. The number of hydrazine groups is 1. The topological polar surface area (TPSA) is 65.1 Å². The second kappa shape index (κ2) is 6.31. The van der Waals surface area contributed by atoms with Crippen molar-refractivity contribution in [3.63, 3.8) is 0 Å². The van der Waals surface area contributed by atoms with Crippen LogP contribution in [0.1, 0.15) is 50.9 Å². The van der Waals surface area contributed by atoms with Crippen LogP contribution in [-0.2, 0) is 18.2 Å². The van der Waals surface area contributed by atoms with Crippen LogP contribution < -0.4 is 11.3 Å². The van der Waals surface area contributed by atoms with E-state index in [9.17, 15) is 0 Å². The molecular weight excluding hydrogens is 228 g/mol. The van der Waals surface area contributed by atoms with Crippen molar-refractivity contribution in [2.75, 3.05) is 7.11 Å². The first-order chi connectivity index (χ1) is 8.43. The van der Waals surface area contributed by atoms with Crippen molar-refractivity contribution in [1.29, 1.82) is 0 Å². The SMILES string of the molecule is CCc1nn(C)cc1C(CCC(C)(C)OC)NN. The zero-order valence-corrected chi connectivity index (χ0v) is 12.2. The number of hydrogen-bond donors (Lipinski definition) is 2. The van der Waals surface area contributed by atoms with Crippen molar-refractivity contribution >= 4 is 0 Å². The van der Waals surface area contributed by atoms with Crippen LogP contribution in [0.2, 0.25) is 0 Å². The van der Waals surface area contributed by atoms with E-state index >= 15 is 0 Å². The molecule has 0 aliphatic heterocycles. The van der Waals surface area contributed by atoms with Gasteiger partial charge in [-0.3, -0.25) is 16.0 Å². The minimum Gasteiger partial charge on any atom is -0.379 e. The Bertz CT molecular complexity index is 373. The summed E-state index contributed by atoms with van der Waals surface area (Å²) in [7, 11) is 3.68. The van der Waals surface area contributed by atoms with Crippen molar-refractivity contribution in [2.45, 2.75) is 51.7 Å². The Kier molecular flexibility index (Phi) is 5.31. The third-order valence-electron chi connectivity index (χ3n) is 3.44. The molecule has 5 nitrogen and oxygen atoms in total. The third kappa shape index (κ3) is 3.80. The first-order valence-corrected chi connectivity index (χ1v) is 6.47. The highest BCUT2D eigenvalue weighted by Gasteiger charge is 2.22. The molecule has 0 spiro atoms. The fourth-order valence-electron chi connectivity index (χ4n) is 2.04. The van der Waals surface area contributed by atoms with Crippen LogP contribution in [0.3, 0.4) is 0 Å². The normalized spacial score (nSPS) is 13.9. The summed E-state index contributed by atoms with van der Waals surface area (Å²) in [5, 5.41) is 4.45. The van der Waals surface area contributed by atoms with E-state index in [4.69, 9.17) is 10.6 Å². The van der Waals surface area contributed by atoms with Gasteiger partial charge >= 0.3 is 0 Å². The Morgan fingerprint density at radius 3 is 2.72 bits per heavy atom. The van der Waals surface area contributed by atoms with E-state index in [0.29, 0.717) is 0 Å². The Morgan fingerprint density at radius 2 is 2.22 bits per heavy atom. The van der Waals surface area contributed by atoms with E-state index < -0.39 is 0 Å². The van der Waals surface area contributed by atoms with Crippen molar-refractivity contribution in [1.82, 2.24) is 15.2 Å². The lowest BCUT2D eigenvalue weighted by atomic mass is 9.95.